The fourth-order valence-corrected chi connectivity index (χ4v) is 3.63. The summed E-state index contributed by atoms with van der Waals surface area (Å²) < 4.78 is 12.1. The highest BCUT2D eigenvalue weighted by Gasteiger charge is 2.16. The zero-order valence-corrected chi connectivity index (χ0v) is 13.7. The molecule has 2 aromatic carbocycles. The molecule has 3 nitrogen and oxygen atoms in total. The monoisotopic (exact) mass is 366 g/mol. The van der Waals surface area contributed by atoms with Crippen molar-refractivity contribution in [1.29, 1.82) is 0 Å². The molecule has 3 rings (SSSR count). The number of aliphatic hydroxyl groups excluding tert-OH is 1. The Morgan fingerprint density at radius 2 is 1.86 bits per heavy atom. The summed E-state index contributed by atoms with van der Waals surface area (Å²) in [6.45, 7) is 1.13. The Labute approximate surface area is 136 Å². The molecule has 110 valence electrons. The first-order valence-electron chi connectivity index (χ1n) is 6.69. The van der Waals surface area contributed by atoms with E-state index in [1.165, 1.54) is 0 Å². The summed E-state index contributed by atoms with van der Waals surface area (Å²) in [5.41, 5.74) is 0.846. The molecule has 21 heavy (non-hydrogen) atoms. The second-order valence-electron chi connectivity index (χ2n) is 4.66. The molecular formula is C16H15BrO3S. The van der Waals surface area contributed by atoms with E-state index in [2.05, 4.69) is 15.9 Å². The first-order chi connectivity index (χ1) is 10.2. The molecule has 1 atom stereocenters. The van der Waals surface area contributed by atoms with Crippen molar-refractivity contribution in [2.24, 2.45) is 0 Å². The second kappa shape index (κ2) is 6.73. The Bertz CT molecular complexity index is 633. The molecule has 0 saturated carbocycles. The maximum Gasteiger partial charge on any atom is 0.161 e. The smallest absolute Gasteiger partial charge is 0.161 e. The molecule has 1 aliphatic rings. The van der Waals surface area contributed by atoms with Crippen molar-refractivity contribution >= 4 is 27.7 Å². The maximum absolute atomic E-state index is 10.3. The molecule has 0 radical (unpaired) electrons. The zero-order chi connectivity index (χ0) is 14.7. The van der Waals surface area contributed by atoms with Crippen LogP contribution < -0.4 is 9.47 Å². The van der Waals surface area contributed by atoms with Gasteiger partial charge in [-0.1, -0.05) is 18.2 Å². The molecule has 1 heterocycles. The molecule has 0 amide bonds. The molecule has 0 fully saturated rings. The van der Waals surface area contributed by atoms with Crippen LogP contribution in [0.2, 0.25) is 0 Å². The molecule has 0 saturated heterocycles. The number of rotatable bonds is 4. The van der Waals surface area contributed by atoms with Crippen LogP contribution in [0.15, 0.2) is 51.8 Å². The van der Waals surface area contributed by atoms with Crippen molar-refractivity contribution in [2.45, 2.75) is 11.0 Å². The van der Waals surface area contributed by atoms with Gasteiger partial charge in [0.15, 0.2) is 11.5 Å². The molecule has 0 bridgehead atoms. The first kappa shape index (κ1) is 14.8. The van der Waals surface area contributed by atoms with Crippen molar-refractivity contribution in [2.75, 3.05) is 19.0 Å². The van der Waals surface area contributed by atoms with Crippen LogP contribution in [0.3, 0.4) is 0 Å². The van der Waals surface area contributed by atoms with Gasteiger partial charge in [-0.15, -0.1) is 11.8 Å². The van der Waals surface area contributed by atoms with Crippen molar-refractivity contribution in [3.05, 3.63) is 52.5 Å². The van der Waals surface area contributed by atoms with Crippen LogP contribution in [-0.2, 0) is 0 Å². The van der Waals surface area contributed by atoms with Gasteiger partial charge in [0.2, 0.25) is 0 Å². The third kappa shape index (κ3) is 3.54. The fourth-order valence-electron chi connectivity index (χ4n) is 2.09. The average Bonchev–Trinajstić information content (AvgIpc) is 2.53. The lowest BCUT2D eigenvalue weighted by Gasteiger charge is -2.20. The molecule has 5 heteroatoms. The summed E-state index contributed by atoms with van der Waals surface area (Å²) in [5, 5.41) is 10.3. The van der Waals surface area contributed by atoms with Crippen LogP contribution in [-0.4, -0.2) is 24.1 Å². The molecule has 1 unspecified atom stereocenters. The van der Waals surface area contributed by atoms with Gasteiger partial charge in [0.25, 0.3) is 0 Å². The third-order valence-electron chi connectivity index (χ3n) is 3.18. The van der Waals surface area contributed by atoms with Gasteiger partial charge < -0.3 is 14.6 Å². The Morgan fingerprint density at radius 1 is 1.10 bits per heavy atom. The summed E-state index contributed by atoms with van der Waals surface area (Å²) >= 11 is 5.13. The van der Waals surface area contributed by atoms with Crippen molar-refractivity contribution in [1.82, 2.24) is 0 Å². The third-order valence-corrected chi connectivity index (χ3v) is 5.29. The van der Waals surface area contributed by atoms with E-state index in [9.17, 15) is 5.11 Å². The van der Waals surface area contributed by atoms with E-state index in [1.54, 1.807) is 11.8 Å². The molecular weight excluding hydrogens is 352 g/mol. The maximum atomic E-state index is 10.3. The van der Waals surface area contributed by atoms with Crippen LogP contribution >= 0.6 is 27.7 Å². The predicted octanol–water partition coefficient (Wildman–Crippen LogP) is 4.05. The Morgan fingerprint density at radius 3 is 2.67 bits per heavy atom. The van der Waals surface area contributed by atoms with Gasteiger partial charge >= 0.3 is 0 Å². The van der Waals surface area contributed by atoms with Gasteiger partial charge in [0.05, 0.1) is 6.10 Å². The van der Waals surface area contributed by atoms with E-state index >= 15 is 0 Å². The SMILES string of the molecule is OC(CSc1ccccc1Br)c1ccc2c(c1)OCCO2. The van der Waals surface area contributed by atoms with Crippen LogP contribution in [0.1, 0.15) is 11.7 Å². The van der Waals surface area contributed by atoms with Crippen LogP contribution in [0.25, 0.3) is 0 Å². The van der Waals surface area contributed by atoms with Gasteiger partial charge in [-0.2, -0.15) is 0 Å². The normalized spacial score (nSPS) is 14.8. The van der Waals surface area contributed by atoms with E-state index in [0.29, 0.717) is 24.7 Å². The number of thioether (sulfide) groups is 1. The lowest BCUT2D eigenvalue weighted by atomic mass is 10.1. The van der Waals surface area contributed by atoms with Crippen molar-refractivity contribution in [3.63, 3.8) is 0 Å². The highest BCUT2D eigenvalue weighted by Crippen LogP contribution is 2.35. The summed E-state index contributed by atoms with van der Waals surface area (Å²) in [6.07, 6.45) is -0.544. The largest absolute Gasteiger partial charge is 0.486 e. The molecule has 0 aliphatic carbocycles. The minimum absolute atomic E-state index is 0.544. The summed E-state index contributed by atoms with van der Waals surface area (Å²) in [7, 11) is 0. The fraction of sp³-hybridized carbons (Fsp3) is 0.250. The minimum atomic E-state index is -0.544. The molecule has 2 aromatic rings. The van der Waals surface area contributed by atoms with Crippen molar-refractivity contribution < 1.29 is 14.6 Å². The highest BCUT2D eigenvalue weighted by atomic mass is 79.9. The lowest BCUT2D eigenvalue weighted by Crippen LogP contribution is -2.15. The number of fused-ring (bicyclic) bond motifs is 1. The van der Waals surface area contributed by atoms with E-state index in [1.807, 2.05) is 42.5 Å². The molecule has 1 N–H and O–H groups in total. The number of hydrogen-bond donors (Lipinski definition) is 1. The number of hydrogen-bond acceptors (Lipinski definition) is 4. The van der Waals surface area contributed by atoms with Gasteiger partial charge in [0, 0.05) is 15.1 Å². The van der Waals surface area contributed by atoms with E-state index < -0.39 is 6.10 Å². The molecule has 0 aromatic heterocycles. The van der Waals surface area contributed by atoms with Gasteiger partial charge in [0.1, 0.15) is 13.2 Å². The van der Waals surface area contributed by atoms with Gasteiger partial charge in [-0.25, -0.2) is 0 Å². The Balaban J connectivity index is 1.68. The summed E-state index contributed by atoms with van der Waals surface area (Å²) in [6, 6.07) is 13.6. The number of ether oxygens (including phenoxy) is 2. The summed E-state index contributed by atoms with van der Waals surface area (Å²) in [5.74, 6) is 2.04. The number of aliphatic hydroxyl groups is 1. The Hall–Kier alpha value is -1.17. The van der Waals surface area contributed by atoms with Crippen LogP contribution in [0.5, 0.6) is 11.5 Å². The predicted molar refractivity (Wildman–Crippen MR) is 87.3 cm³/mol. The molecule has 0 spiro atoms. The van der Waals surface area contributed by atoms with Gasteiger partial charge in [-0.05, 0) is 45.8 Å². The summed E-state index contributed by atoms with van der Waals surface area (Å²) in [4.78, 5) is 1.12. The zero-order valence-electron chi connectivity index (χ0n) is 11.3. The topological polar surface area (TPSA) is 38.7 Å². The van der Waals surface area contributed by atoms with E-state index in [-0.39, 0.29) is 0 Å². The molecule has 1 aliphatic heterocycles. The average molecular weight is 367 g/mol. The minimum Gasteiger partial charge on any atom is -0.486 e. The van der Waals surface area contributed by atoms with Crippen LogP contribution in [0.4, 0.5) is 0 Å². The second-order valence-corrected chi connectivity index (χ2v) is 6.58. The van der Waals surface area contributed by atoms with Crippen molar-refractivity contribution in [3.8, 4) is 11.5 Å². The number of benzene rings is 2. The van der Waals surface area contributed by atoms with Crippen LogP contribution in [0, 0.1) is 0 Å². The Kier molecular flexibility index (Phi) is 4.73. The van der Waals surface area contributed by atoms with Gasteiger partial charge in [-0.3, -0.25) is 0 Å². The highest BCUT2D eigenvalue weighted by molar-refractivity contribution is 9.10. The van der Waals surface area contributed by atoms with E-state index in [4.69, 9.17) is 9.47 Å². The quantitative estimate of drug-likeness (QED) is 0.828. The number of halogens is 1. The lowest BCUT2D eigenvalue weighted by molar-refractivity contribution is 0.169. The standard InChI is InChI=1S/C16H15BrO3S/c17-12-3-1-2-4-16(12)21-10-13(18)11-5-6-14-15(9-11)20-8-7-19-14/h1-6,9,13,18H,7-8,10H2. The first-order valence-corrected chi connectivity index (χ1v) is 8.47. The van der Waals surface area contributed by atoms with E-state index in [0.717, 1.165) is 20.7 Å².